The van der Waals surface area contributed by atoms with Gasteiger partial charge in [-0.1, -0.05) is 5.10 Å². The van der Waals surface area contributed by atoms with Gasteiger partial charge in [0, 0.05) is 11.8 Å². The number of nitrogens with zero attached hydrogens (tertiary/aromatic N) is 5. The predicted octanol–water partition coefficient (Wildman–Crippen LogP) is 2.93. The quantitative estimate of drug-likeness (QED) is 0.596. The Morgan fingerprint density at radius 2 is 2.00 bits per heavy atom. The van der Waals surface area contributed by atoms with Crippen molar-refractivity contribution in [3.05, 3.63) is 47.8 Å². The molecule has 0 aliphatic rings. The van der Waals surface area contributed by atoms with Crippen molar-refractivity contribution >= 4 is 23.0 Å². The van der Waals surface area contributed by atoms with Gasteiger partial charge in [0.05, 0.1) is 22.8 Å². The van der Waals surface area contributed by atoms with E-state index in [0.717, 1.165) is 22.3 Å². The number of H-pyrrole nitrogens is 1. The highest BCUT2D eigenvalue weighted by Crippen LogP contribution is 2.23. The van der Waals surface area contributed by atoms with E-state index in [1.807, 2.05) is 13.0 Å². The Bertz CT molecular complexity index is 1060. The van der Waals surface area contributed by atoms with Crippen LogP contribution in [0.4, 0.5) is 12.0 Å². The van der Waals surface area contributed by atoms with Gasteiger partial charge in [-0.2, -0.15) is 5.26 Å². The van der Waals surface area contributed by atoms with E-state index in [0.29, 0.717) is 17.4 Å². The molecule has 0 saturated heterocycles. The molecule has 0 aliphatic heterocycles. The Labute approximate surface area is 136 Å². The van der Waals surface area contributed by atoms with Gasteiger partial charge in [0.1, 0.15) is 5.52 Å². The number of hydrogen-bond donors (Lipinski definition) is 2. The SMILES string of the molecule is Cc1nccc2[nH]c(Nc3nnc(-c4ccc(C#N)cc4)o3)nc12. The van der Waals surface area contributed by atoms with Crippen LogP contribution in [-0.4, -0.2) is 25.1 Å². The topological polar surface area (TPSA) is 116 Å². The highest BCUT2D eigenvalue weighted by atomic mass is 16.4. The molecule has 3 heterocycles. The van der Waals surface area contributed by atoms with Crippen LogP contribution in [0.1, 0.15) is 11.3 Å². The van der Waals surface area contributed by atoms with Crippen molar-refractivity contribution in [1.82, 2.24) is 25.1 Å². The van der Waals surface area contributed by atoms with Gasteiger partial charge in [-0.25, -0.2) is 4.98 Å². The monoisotopic (exact) mass is 317 g/mol. The third kappa shape index (κ3) is 2.44. The number of rotatable bonds is 3. The number of fused-ring (bicyclic) bond motifs is 1. The maximum Gasteiger partial charge on any atom is 0.322 e. The van der Waals surface area contributed by atoms with Crippen LogP contribution in [0.5, 0.6) is 0 Å². The highest BCUT2D eigenvalue weighted by Gasteiger charge is 2.11. The lowest BCUT2D eigenvalue weighted by atomic mass is 10.1. The molecule has 0 saturated carbocycles. The van der Waals surface area contributed by atoms with E-state index in [1.165, 1.54) is 0 Å². The number of pyridine rings is 1. The summed E-state index contributed by atoms with van der Waals surface area (Å²) in [6.07, 6.45) is 1.72. The van der Waals surface area contributed by atoms with Crippen LogP contribution < -0.4 is 5.32 Å². The first-order valence-electron chi connectivity index (χ1n) is 7.15. The summed E-state index contributed by atoms with van der Waals surface area (Å²) in [5.74, 6) is 0.854. The molecule has 0 spiro atoms. The Kier molecular flexibility index (Phi) is 3.17. The van der Waals surface area contributed by atoms with Gasteiger partial charge in [0.25, 0.3) is 0 Å². The Morgan fingerprint density at radius 3 is 2.75 bits per heavy atom. The minimum Gasteiger partial charge on any atom is -0.403 e. The number of aryl methyl sites for hydroxylation is 1. The van der Waals surface area contributed by atoms with E-state index in [1.54, 1.807) is 30.5 Å². The summed E-state index contributed by atoms with van der Waals surface area (Å²) in [4.78, 5) is 11.7. The molecule has 0 radical (unpaired) electrons. The van der Waals surface area contributed by atoms with E-state index in [-0.39, 0.29) is 6.01 Å². The standard InChI is InChI=1S/C16H11N7O/c1-9-13-12(6-7-18-9)19-15(20-13)21-16-23-22-14(24-16)11-4-2-10(8-17)3-5-11/h2-7H,1H3,(H2,19,20,21,23). The molecule has 116 valence electrons. The van der Waals surface area contributed by atoms with E-state index in [4.69, 9.17) is 9.68 Å². The molecule has 2 N–H and O–H groups in total. The normalized spacial score (nSPS) is 10.7. The predicted molar refractivity (Wildman–Crippen MR) is 86.4 cm³/mol. The first kappa shape index (κ1) is 13.9. The number of nitrogens with one attached hydrogen (secondary N) is 2. The molecule has 4 aromatic rings. The first-order chi connectivity index (χ1) is 11.7. The van der Waals surface area contributed by atoms with Crippen molar-refractivity contribution < 1.29 is 4.42 Å². The molecule has 3 aromatic heterocycles. The van der Waals surface area contributed by atoms with Crippen molar-refractivity contribution in [1.29, 1.82) is 5.26 Å². The molecule has 0 unspecified atom stereocenters. The van der Waals surface area contributed by atoms with Crippen LogP contribution >= 0.6 is 0 Å². The number of nitriles is 1. The zero-order valence-electron chi connectivity index (χ0n) is 12.6. The fraction of sp³-hybridized carbons (Fsp3) is 0.0625. The van der Waals surface area contributed by atoms with Crippen molar-refractivity contribution in [3.63, 3.8) is 0 Å². The molecular weight excluding hydrogens is 306 g/mol. The van der Waals surface area contributed by atoms with E-state index in [2.05, 4.69) is 36.5 Å². The van der Waals surface area contributed by atoms with E-state index < -0.39 is 0 Å². The molecule has 4 rings (SSSR count). The van der Waals surface area contributed by atoms with Crippen LogP contribution in [0.15, 0.2) is 40.9 Å². The molecule has 8 nitrogen and oxygen atoms in total. The Balaban J connectivity index is 1.60. The molecule has 24 heavy (non-hydrogen) atoms. The highest BCUT2D eigenvalue weighted by molar-refractivity contribution is 5.79. The minimum absolute atomic E-state index is 0.221. The van der Waals surface area contributed by atoms with Crippen LogP contribution in [0, 0.1) is 18.3 Å². The fourth-order valence-corrected chi connectivity index (χ4v) is 2.31. The minimum atomic E-state index is 0.221. The molecule has 8 heteroatoms. The lowest BCUT2D eigenvalue weighted by Crippen LogP contribution is -1.92. The lowest BCUT2D eigenvalue weighted by Gasteiger charge is -1.95. The van der Waals surface area contributed by atoms with Crippen LogP contribution in [-0.2, 0) is 0 Å². The summed E-state index contributed by atoms with van der Waals surface area (Å²) < 4.78 is 5.58. The number of imidazole rings is 1. The van der Waals surface area contributed by atoms with Crippen molar-refractivity contribution in [2.45, 2.75) is 6.92 Å². The molecule has 0 aliphatic carbocycles. The van der Waals surface area contributed by atoms with Crippen LogP contribution in [0.2, 0.25) is 0 Å². The summed E-state index contributed by atoms with van der Waals surface area (Å²) >= 11 is 0. The average molecular weight is 317 g/mol. The zero-order chi connectivity index (χ0) is 16.5. The summed E-state index contributed by atoms with van der Waals surface area (Å²) in [6.45, 7) is 1.89. The summed E-state index contributed by atoms with van der Waals surface area (Å²) in [5, 5.41) is 19.7. The lowest BCUT2D eigenvalue weighted by molar-refractivity contribution is 0.587. The van der Waals surface area contributed by atoms with Gasteiger partial charge in [0.15, 0.2) is 0 Å². The summed E-state index contributed by atoms with van der Waals surface area (Å²) in [7, 11) is 0. The number of benzene rings is 1. The number of hydrogen-bond acceptors (Lipinski definition) is 7. The summed E-state index contributed by atoms with van der Waals surface area (Å²) in [6, 6.07) is 11.0. The van der Waals surface area contributed by atoms with Crippen molar-refractivity contribution in [3.8, 4) is 17.5 Å². The van der Waals surface area contributed by atoms with Crippen LogP contribution in [0.25, 0.3) is 22.5 Å². The Hall–Kier alpha value is -3.73. The van der Waals surface area contributed by atoms with Gasteiger partial charge in [-0.05, 0) is 37.3 Å². The molecule has 0 atom stereocenters. The van der Waals surface area contributed by atoms with Gasteiger partial charge >= 0.3 is 6.01 Å². The third-order valence-electron chi connectivity index (χ3n) is 3.50. The van der Waals surface area contributed by atoms with E-state index in [9.17, 15) is 0 Å². The van der Waals surface area contributed by atoms with Gasteiger partial charge in [0.2, 0.25) is 11.8 Å². The molecular formula is C16H11N7O. The second-order valence-electron chi connectivity index (χ2n) is 5.10. The molecule has 0 amide bonds. The molecule has 0 bridgehead atoms. The summed E-state index contributed by atoms with van der Waals surface area (Å²) in [5.41, 5.74) is 3.80. The first-order valence-corrected chi connectivity index (χ1v) is 7.15. The maximum absolute atomic E-state index is 8.82. The second-order valence-corrected chi connectivity index (χ2v) is 5.10. The van der Waals surface area contributed by atoms with Gasteiger partial charge in [-0.3, -0.25) is 10.3 Å². The largest absolute Gasteiger partial charge is 0.403 e. The second kappa shape index (κ2) is 5.48. The smallest absolute Gasteiger partial charge is 0.322 e. The number of anilines is 2. The number of aromatic amines is 1. The van der Waals surface area contributed by atoms with E-state index >= 15 is 0 Å². The fourth-order valence-electron chi connectivity index (χ4n) is 2.31. The zero-order valence-corrected chi connectivity index (χ0v) is 12.6. The molecule has 1 aromatic carbocycles. The van der Waals surface area contributed by atoms with Gasteiger partial charge < -0.3 is 9.40 Å². The average Bonchev–Trinajstić information content (AvgIpc) is 3.23. The van der Waals surface area contributed by atoms with Crippen LogP contribution in [0.3, 0.4) is 0 Å². The third-order valence-corrected chi connectivity index (χ3v) is 3.50. The Morgan fingerprint density at radius 1 is 1.17 bits per heavy atom. The maximum atomic E-state index is 8.82. The molecule has 0 fully saturated rings. The van der Waals surface area contributed by atoms with Crippen molar-refractivity contribution in [2.75, 3.05) is 5.32 Å². The number of aromatic nitrogens is 5. The van der Waals surface area contributed by atoms with Gasteiger partial charge in [-0.15, -0.1) is 5.10 Å². The van der Waals surface area contributed by atoms with Crippen molar-refractivity contribution in [2.24, 2.45) is 0 Å².